The molecule has 0 bridgehead atoms. The average Bonchev–Trinajstić information content (AvgIpc) is 3.35. The van der Waals surface area contributed by atoms with Crippen LogP contribution < -0.4 is 10.1 Å². The molecule has 1 aromatic carbocycles. The first-order valence-electron chi connectivity index (χ1n) is 9.74. The Morgan fingerprint density at radius 2 is 1.91 bits per heavy atom. The monoisotopic (exact) mass is 481 g/mol. The summed E-state index contributed by atoms with van der Waals surface area (Å²) >= 11 is 0. The smallest absolute Gasteiger partial charge is 0.258 e. The van der Waals surface area contributed by atoms with Gasteiger partial charge in [0, 0.05) is 30.4 Å². The maximum absolute atomic E-state index is 12.2. The average molecular weight is 482 g/mol. The minimum absolute atomic E-state index is 0. The molecule has 0 unspecified atom stereocenters. The molecular weight excluding hydrogens is 457 g/mol. The fourth-order valence-corrected chi connectivity index (χ4v) is 3.64. The Kier molecular flexibility index (Phi) is 9.40. The summed E-state index contributed by atoms with van der Waals surface area (Å²) in [6.07, 6.45) is 3.54. The lowest BCUT2D eigenvalue weighted by Crippen LogP contribution is -2.44. The minimum atomic E-state index is -1.06. The van der Waals surface area contributed by atoms with Crippen LogP contribution in [0.15, 0.2) is 61.1 Å². The first-order valence-corrected chi connectivity index (χ1v) is 9.74. The van der Waals surface area contributed by atoms with Crippen LogP contribution in [0.3, 0.4) is 0 Å². The molecule has 0 spiro atoms. The molecule has 3 aromatic rings. The zero-order chi connectivity index (χ0) is 20.9. The summed E-state index contributed by atoms with van der Waals surface area (Å²) in [5.74, 6) is -0.0349. The molecular formula is C21H25Cl2N5O4. The quantitative estimate of drug-likeness (QED) is 0.467. The van der Waals surface area contributed by atoms with E-state index in [9.17, 15) is 15.0 Å². The van der Waals surface area contributed by atoms with Gasteiger partial charge in [0.25, 0.3) is 5.91 Å². The van der Waals surface area contributed by atoms with Crippen molar-refractivity contribution in [3.05, 3.63) is 61.1 Å². The molecule has 0 radical (unpaired) electrons. The lowest BCUT2D eigenvalue weighted by molar-refractivity contribution is -0.124. The van der Waals surface area contributed by atoms with E-state index in [1.54, 1.807) is 35.4 Å². The normalized spacial score (nSPS) is 21.8. The van der Waals surface area contributed by atoms with Gasteiger partial charge >= 0.3 is 0 Å². The third-order valence-electron chi connectivity index (χ3n) is 5.18. The first kappa shape index (κ1) is 25.5. The number of halogens is 2. The predicted molar refractivity (Wildman–Crippen MR) is 122 cm³/mol. The van der Waals surface area contributed by atoms with Crippen molar-refractivity contribution in [3.63, 3.8) is 0 Å². The number of aliphatic hydroxyl groups is 2. The Bertz CT molecular complexity index is 977. The van der Waals surface area contributed by atoms with E-state index in [4.69, 9.17) is 4.74 Å². The van der Waals surface area contributed by atoms with Crippen LogP contribution in [0.2, 0.25) is 0 Å². The van der Waals surface area contributed by atoms with Crippen molar-refractivity contribution in [1.82, 2.24) is 25.3 Å². The molecule has 1 amide bonds. The van der Waals surface area contributed by atoms with E-state index in [0.29, 0.717) is 24.4 Å². The maximum Gasteiger partial charge on any atom is 0.258 e. The van der Waals surface area contributed by atoms with Crippen molar-refractivity contribution >= 4 is 30.7 Å². The number of nitrogens with one attached hydrogen (secondary N) is 1. The number of carbonyl (C=O) groups excluding carboxylic acids is 1. The number of rotatable bonds is 7. The lowest BCUT2D eigenvalue weighted by atomic mass is 10.1. The van der Waals surface area contributed by atoms with E-state index in [0.717, 1.165) is 5.56 Å². The van der Waals surface area contributed by atoms with Gasteiger partial charge in [0.15, 0.2) is 6.61 Å². The van der Waals surface area contributed by atoms with E-state index < -0.39 is 18.2 Å². The summed E-state index contributed by atoms with van der Waals surface area (Å²) in [6, 6.07) is 12.2. The number of aromatic nitrogens is 4. The molecule has 11 heteroatoms. The van der Waals surface area contributed by atoms with Crippen LogP contribution in [0.25, 0.3) is 11.3 Å². The Balaban J connectivity index is 0.00000181. The molecule has 2 heterocycles. The number of hydrogen-bond donors (Lipinski definition) is 3. The number of pyridine rings is 1. The predicted octanol–water partition coefficient (Wildman–Crippen LogP) is 1.49. The molecule has 9 nitrogen and oxygen atoms in total. The molecule has 2 aromatic heterocycles. The van der Waals surface area contributed by atoms with Crippen molar-refractivity contribution in [3.8, 4) is 17.0 Å². The van der Waals surface area contributed by atoms with Gasteiger partial charge in [0.2, 0.25) is 0 Å². The van der Waals surface area contributed by atoms with Crippen molar-refractivity contribution in [2.75, 3.05) is 6.61 Å². The molecule has 1 aliphatic rings. The number of ether oxygens (including phenoxy) is 1. The molecule has 0 aliphatic heterocycles. The lowest BCUT2D eigenvalue weighted by Gasteiger charge is -2.18. The van der Waals surface area contributed by atoms with Crippen LogP contribution in [0.1, 0.15) is 6.42 Å². The topological polar surface area (TPSA) is 122 Å². The summed E-state index contributed by atoms with van der Waals surface area (Å²) in [5.41, 5.74) is 1.53. The number of amides is 1. The first-order chi connectivity index (χ1) is 14.6. The summed E-state index contributed by atoms with van der Waals surface area (Å²) in [6.45, 7) is 0.212. The van der Waals surface area contributed by atoms with E-state index in [-0.39, 0.29) is 43.2 Å². The molecule has 4 rings (SSSR count). The van der Waals surface area contributed by atoms with Crippen molar-refractivity contribution < 1.29 is 19.7 Å². The number of carbonyl (C=O) groups is 1. The second-order valence-corrected chi connectivity index (χ2v) is 7.32. The third-order valence-corrected chi connectivity index (χ3v) is 5.18. The highest BCUT2D eigenvalue weighted by Gasteiger charge is 2.42. The van der Waals surface area contributed by atoms with Crippen LogP contribution in [-0.2, 0) is 11.3 Å². The van der Waals surface area contributed by atoms with Gasteiger partial charge in [-0.1, -0.05) is 23.4 Å². The van der Waals surface area contributed by atoms with Crippen molar-refractivity contribution in [1.29, 1.82) is 0 Å². The molecule has 172 valence electrons. The Labute approximate surface area is 197 Å². The largest absolute Gasteiger partial charge is 0.484 e. The number of para-hydroxylation sites is 1. The van der Waals surface area contributed by atoms with Gasteiger partial charge in [-0.3, -0.25) is 14.5 Å². The van der Waals surface area contributed by atoms with Gasteiger partial charge < -0.3 is 20.3 Å². The molecule has 0 saturated heterocycles. The van der Waals surface area contributed by atoms with Gasteiger partial charge in [-0.25, -0.2) is 0 Å². The minimum Gasteiger partial charge on any atom is -0.484 e. The standard InChI is InChI=1S/C21H23N5O4.2ClH/c27-19(13-30-16-6-2-1-3-7-16)23-17-9-15(20(28)21(17)29)11-26-12-18(24-25-26)14-5-4-8-22-10-14;;/h1-8,10,12,15,17,20-21,28-29H,9,11,13H2,(H,23,27);2*1H/t15-,17-,20-,21+;;/m1../s1. The summed E-state index contributed by atoms with van der Waals surface area (Å²) in [4.78, 5) is 16.3. The SMILES string of the molecule is Cl.Cl.O=C(COc1ccccc1)N[C@@H]1C[C@H](Cn2cc(-c3cccnc3)nn2)[C@@H](O)[C@H]1O. The van der Waals surface area contributed by atoms with E-state index >= 15 is 0 Å². The van der Waals surface area contributed by atoms with Gasteiger partial charge in [0.05, 0.1) is 18.3 Å². The van der Waals surface area contributed by atoms with Crippen LogP contribution in [0.4, 0.5) is 0 Å². The second kappa shape index (κ2) is 11.8. The number of hydrogen-bond acceptors (Lipinski definition) is 7. The van der Waals surface area contributed by atoms with E-state index in [1.807, 2.05) is 30.3 Å². The molecule has 3 N–H and O–H groups in total. The third kappa shape index (κ3) is 6.17. The van der Waals surface area contributed by atoms with Gasteiger partial charge in [0.1, 0.15) is 17.5 Å². The van der Waals surface area contributed by atoms with Crippen LogP contribution >= 0.6 is 24.8 Å². The molecule has 4 atom stereocenters. The van der Waals surface area contributed by atoms with Crippen molar-refractivity contribution in [2.45, 2.75) is 31.2 Å². The van der Waals surface area contributed by atoms with Crippen LogP contribution in [0, 0.1) is 5.92 Å². The fraction of sp³-hybridized carbons (Fsp3) is 0.333. The highest BCUT2D eigenvalue weighted by Crippen LogP contribution is 2.28. The Morgan fingerprint density at radius 1 is 1.12 bits per heavy atom. The highest BCUT2D eigenvalue weighted by molar-refractivity contribution is 5.85. The van der Waals surface area contributed by atoms with E-state index in [2.05, 4.69) is 20.6 Å². The summed E-state index contributed by atoms with van der Waals surface area (Å²) in [5, 5.41) is 31.8. The Hall–Kier alpha value is -2.72. The zero-order valence-electron chi connectivity index (χ0n) is 17.0. The van der Waals surface area contributed by atoms with Gasteiger partial charge in [-0.2, -0.15) is 0 Å². The van der Waals surface area contributed by atoms with E-state index in [1.165, 1.54) is 0 Å². The summed E-state index contributed by atoms with van der Waals surface area (Å²) < 4.78 is 7.05. The molecule has 1 aliphatic carbocycles. The second-order valence-electron chi connectivity index (χ2n) is 7.32. The maximum atomic E-state index is 12.2. The Morgan fingerprint density at radius 3 is 2.62 bits per heavy atom. The number of nitrogens with zero attached hydrogens (tertiary/aromatic N) is 4. The molecule has 1 saturated carbocycles. The van der Waals surface area contributed by atoms with Gasteiger partial charge in [-0.15, -0.1) is 29.9 Å². The van der Waals surface area contributed by atoms with Crippen LogP contribution in [0.5, 0.6) is 5.75 Å². The molecule has 1 fully saturated rings. The zero-order valence-corrected chi connectivity index (χ0v) is 18.7. The number of aliphatic hydroxyl groups excluding tert-OH is 2. The summed E-state index contributed by atoms with van der Waals surface area (Å²) in [7, 11) is 0. The highest BCUT2D eigenvalue weighted by atomic mass is 35.5. The fourth-order valence-electron chi connectivity index (χ4n) is 3.64. The van der Waals surface area contributed by atoms with Gasteiger partial charge in [-0.05, 0) is 30.7 Å². The molecule has 32 heavy (non-hydrogen) atoms. The van der Waals surface area contributed by atoms with Crippen molar-refractivity contribution in [2.24, 2.45) is 5.92 Å². The van der Waals surface area contributed by atoms with Crippen LogP contribution in [-0.4, -0.2) is 61.0 Å². The number of benzene rings is 1.